The Morgan fingerprint density at radius 1 is 1.56 bits per heavy atom. The van der Waals surface area contributed by atoms with Gasteiger partial charge in [-0.25, -0.2) is 0 Å². The molecule has 1 rings (SSSR count). The Hall–Kier alpha value is -1.51. The Morgan fingerprint density at radius 2 is 2.33 bits per heavy atom. The molecule has 0 bridgehead atoms. The van der Waals surface area contributed by atoms with Crippen LogP contribution in [0.15, 0.2) is 22.7 Å². The van der Waals surface area contributed by atoms with Crippen molar-refractivity contribution in [3.8, 4) is 18.1 Å². The summed E-state index contributed by atoms with van der Waals surface area (Å²) < 4.78 is 6.30. The van der Waals surface area contributed by atoms with Crippen LogP contribution in [0.3, 0.4) is 0 Å². The summed E-state index contributed by atoms with van der Waals surface area (Å²) in [5.41, 5.74) is 6.50. The first-order chi connectivity index (χ1) is 8.69. The van der Waals surface area contributed by atoms with Crippen LogP contribution in [0.1, 0.15) is 5.56 Å². The summed E-state index contributed by atoms with van der Waals surface area (Å²) in [7, 11) is 0. The summed E-state index contributed by atoms with van der Waals surface area (Å²) in [6.07, 6.45) is 5.74. The zero-order valence-corrected chi connectivity index (χ0v) is 11.5. The highest BCUT2D eigenvalue weighted by Gasteiger charge is 2.09. The first-order valence-electron chi connectivity index (χ1n) is 5.49. The minimum absolute atomic E-state index is 0.0676. The topological polar surface area (TPSA) is 64.3 Å². The Labute approximate surface area is 115 Å². The Balaban J connectivity index is 2.66. The molecule has 96 valence electrons. The van der Waals surface area contributed by atoms with E-state index in [4.69, 9.17) is 16.9 Å². The smallest absolute Gasteiger partial charge is 0.258 e. The van der Waals surface area contributed by atoms with Crippen molar-refractivity contribution in [2.45, 2.75) is 6.42 Å². The molecule has 4 nitrogen and oxygen atoms in total. The molecule has 1 amide bonds. The summed E-state index contributed by atoms with van der Waals surface area (Å²) in [5, 5.41) is 2.53. The summed E-state index contributed by atoms with van der Waals surface area (Å²) in [6.45, 7) is 0.659. The van der Waals surface area contributed by atoms with Gasteiger partial charge in [-0.15, -0.1) is 6.42 Å². The van der Waals surface area contributed by atoms with Gasteiger partial charge in [0.25, 0.3) is 5.91 Å². The predicted molar refractivity (Wildman–Crippen MR) is 74.2 cm³/mol. The minimum Gasteiger partial charge on any atom is -0.482 e. The van der Waals surface area contributed by atoms with Crippen LogP contribution >= 0.6 is 15.9 Å². The number of hydrogen-bond acceptors (Lipinski definition) is 3. The summed E-state index contributed by atoms with van der Waals surface area (Å²) in [4.78, 5) is 11.4. The van der Waals surface area contributed by atoms with E-state index in [-0.39, 0.29) is 19.1 Å². The van der Waals surface area contributed by atoms with Gasteiger partial charge in [-0.1, -0.05) is 18.1 Å². The van der Waals surface area contributed by atoms with Gasteiger partial charge in [-0.05, 0) is 40.5 Å². The van der Waals surface area contributed by atoms with Gasteiger partial charge in [0.1, 0.15) is 5.75 Å². The second kappa shape index (κ2) is 7.75. The molecule has 0 aliphatic rings. The van der Waals surface area contributed by atoms with Crippen LogP contribution in [0.25, 0.3) is 0 Å². The number of carbonyl (C=O) groups is 1. The largest absolute Gasteiger partial charge is 0.482 e. The maximum Gasteiger partial charge on any atom is 0.258 e. The molecule has 3 N–H and O–H groups in total. The van der Waals surface area contributed by atoms with Crippen molar-refractivity contribution in [1.82, 2.24) is 5.32 Å². The molecule has 0 aromatic heterocycles. The molecular formula is C13H15BrN2O2. The van der Waals surface area contributed by atoms with Crippen LogP contribution in [0.4, 0.5) is 0 Å². The van der Waals surface area contributed by atoms with E-state index in [1.165, 1.54) is 0 Å². The average Bonchev–Trinajstić information content (AvgIpc) is 2.36. The number of hydrogen-bond donors (Lipinski definition) is 2. The van der Waals surface area contributed by atoms with Gasteiger partial charge in [0, 0.05) is 0 Å². The lowest BCUT2D eigenvalue weighted by molar-refractivity contribution is -0.122. The van der Waals surface area contributed by atoms with Gasteiger partial charge in [0.15, 0.2) is 6.61 Å². The molecule has 1 aromatic carbocycles. The maximum atomic E-state index is 11.4. The molecule has 5 heteroatoms. The molecule has 0 heterocycles. The number of rotatable bonds is 6. The molecule has 0 atom stereocenters. The highest BCUT2D eigenvalue weighted by molar-refractivity contribution is 9.10. The van der Waals surface area contributed by atoms with Crippen molar-refractivity contribution >= 4 is 21.8 Å². The van der Waals surface area contributed by atoms with E-state index in [0.29, 0.717) is 18.7 Å². The second-order valence-corrected chi connectivity index (χ2v) is 4.39. The maximum absolute atomic E-state index is 11.4. The molecule has 0 unspecified atom stereocenters. The SMILES string of the molecule is C#CCNC(=O)COc1c(Br)cccc1CCN. The monoisotopic (exact) mass is 310 g/mol. The summed E-state index contributed by atoms with van der Waals surface area (Å²) in [6, 6.07) is 5.68. The van der Waals surface area contributed by atoms with Crippen molar-refractivity contribution in [2.24, 2.45) is 5.73 Å². The fourth-order valence-corrected chi connectivity index (χ4v) is 1.93. The number of carbonyl (C=O) groups excluding carboxylic acids is 1. The number of halogens is 1. The number of benzene rings is 1. The fraction of sp³-hybridized carbons (Fsp3) is 0.308. The summed E-state index contributed by atoms with van der Waals surface area (Å²) >= 11 is 3.39. The van der Waals surface area contributed by atoms with Crippen LogP contribution in [0.5, 0.6) is 5.75 Å². The van der Waals surface area contributed by atoms with E-state index >= 15 is 0 Å². The predicted octanol–water partition coefficient (Wildman–Crippen LogP) is 1.08. The standard InChI is InChI=1S/C13H15BrN2O2/c1-2-8-16-12(17)9-18-13-10(6-7-15)4-3-5-11(13)14/h1,3-5H,6-9,15H2,(H,16,17). The second-order valence-electron chi connectivity index (χ2n) is 3.54. The third-order valence-electron chi connectivity index (χ3n) is 2.20. The van der Waals surface area contributed by atoms with Gasteiger partial charge < -0.3 is 15.8 Å². The Bertz CT molecular complexity index is 455. The number of terminal acetylenes is 1. The average molecular weight is 311 g/mol. The number of nitrogens with two attached hydrogens (primary N) is 1. The van der Waals surface area contributed by atoms with E-state index in [9.17, 15) is 4.79 Å². The summed E-state index contributed by atoms with van der Waals surface area (Å²) in [5.74, 6) is 2.73. The van der Waals surface area contributed by atoms with Crippen molar-refractivity contribution in [3.63, 3.8) is 0 Å². The minimum atomic E-state index is -0.248. The molecule has 0 radical (unpaired) electrons. The van der Waals surface area contributed by atoms with Crippen molar-refractivity contribution in [1.29, 1.82) is 0 Å². The molecule has 0 spiro atoms. The van der Waals surface area contributed by atoms with Crippen LogP contribution in [0, 0.1) is 12.3 Å². The molecular weight excluding hydrogens is 296 g/mol. The van der Waals surface area contributed by atoms with Gasteiger partial charge in [0.2, 0.25) is 0 Å². The lowest BCUT2D eigenvalue weighted by Gasteiger charge is -2.12. The van der Waals surface area contributed by atoms with Gasteiger partial charge in [-0.3, -0.25) is 4.79 Å². The first kappa shape index (κ1) is 14.6. The molecule has 0 aliphatic heterocycles. The molecule has 0 saturated heterocycles. The molecule has 0 fully saturated rings. The van der Waals surface area contributed by atoms with Crippen LogP contribution in [-0.2, 0) is 11.2 Å². The van der Waals surface area contributed by atoms with Gasteiger partial charge in [0.05, 0.1) is 11.0 Å². The molecule has 18 heavy (non-hydrogen) atoms. The Kier molecular flexibility index (Phi) is 6.26. The molecule has 0 saturated carbocycles. The number of nitrogens with one attached hydrogen (secondary N) is 1. The Morgan fingerprint density at radius 3 is 3.00 bits per heavy atom. The first-order valence-corrected chi connectivity index (χ1v) is 6.28. The van der Waals surface area contributed by atoms with Crippen molar-refractivity contribution in [2.75, 3.05) is 19.7 Å². The third-order valence-corrected chi connectivity index (χ3v) is 2.82. The zero-order chi connectivity index (χ0) is 13.4. The van der Waals surface area contributed by atoms with Gasteiger partial charge >= 0.3 is 0 Å². The zero-order valence-electron chi connectivity index (χ0n) is 9.91. The van der Waals surface area contributed by atoms with E-state index in [0.717, 1.165) is 10.0 Å². The van der Waals surface area contributed by atoms with Crippen LogP contribution in [-0.4, -0.2) is 25.6 Å². The lowest BCUT2D eigenvalue weighted by atomic mass is 10.1. The van der Waals surface area contributed by atoms with Crippen LogP contribution in [0.2, 0.25) is 0 Å². The van der Waals surface area contributed by atoms with E-state index in [1.807, 2.05) is 18.2 Å². The normalized spacial score (nSPS) is 9.61. The number of ether oxygens (including phenoxy) is 1. The third kappa shape index (κ3) is 4.40. The van der Waals surface area contributed by atoms with E-state index in [1.54, 1.807) is 0 Å². The highest BCUT2D eigenvalue weighted by atomic mass is 79.9. The fourth-order valence-electron chi connectivity index (χ4n) is 1.41. The van der Waals surface area contributed by atoms with Crippen molar-refractivity contribution < 1.29 is 9.53 Å². The number of amides is 1. The van der Waals surface area contributed by atoms with Crippen molar-refractivity contribution in [3.05, 3.63) is 28.2 Å². The molecule has 0 aliphatic carbocycles. The van der Waals surface area contributed by atoms with E-state index in [2.05, 4.69) is 27.2 Å². The number of para-hydroxylation sites is 1. The lowest BCUT2D eigenvalue weighted by Crippen LogP contribution is -2.29. The quantitative estimate of drug-likeness (QED) is 0.773. The van der Waals surface area contributed by atoms with Gasteiger partial charge in [-0.2, -0.15) is 0 Å². The van der Waals surface area contributed by atoms with Crippen LogP contribution < -0.4 is 15.8 Å². The van der Waals surface area contributed by atoms with E-state index < -0.39 is 0 Å². The molecule has 1 aromatic rings. The highest BCUT2D eigenvalue weighted by Crippen LogP contribution is 2.29.